The topological polar surface area (TPSA) is 48.7 Å². The molecule has 2 heterocycles. The van der Waals surface area contributed by atoms with Crippen molar-refractivity contribution in [3.63, 3.8) is 0 Å². The maximum Gasteiger partial charge on any atom is 0.331 e. The minimum absolute atomic E-state index is 0.253. The van der Waals surface area contributed by atoms with E-state index < -0.39 is 0 Å². The number of carbonyl (C=O) groups excluding carboxylic acids is 1. The molecule has 19 heavy (non-hydrogen) atoms. The van der Waals surface area contributed by atoms with Crippen molar-refractivity contribution >= 4 is 12.0 Å². The summed E-state index contributed by atoms with van der Waals surface area (Å²) in [6.07, 6.45) is 6.00. The number of furan rings is 1. The van der Waals surface area contributed by atoms with Crippen LogP contribution in [0, 0.1) is 12.8 Å². The zero-order valence-electron chi connectivity index (χ0n) is 11.1. The number of hydrogen-bond donors (Lipinski definition) is 0. The number of esters is 1. The minimum atomic E-state index is -0.293. The van der Waals surface area contributed by atoms with E-state index in [0.717, 1.165) is 31.6 Å². The van der Waals surface area contributed by atoms with Gasteiger partial charge in [0, 0.05) is 18.6 Å². The average molecular weight is 262 g/mol. The molecule has 1 aromatic rings. The van der Waals surface area contributed by atoms with E-state index in [4.69, 9.17) is 13.9 Å². The first-order chi connectivity index (χ1) is 9.18. The molecule has 4 heteroatoms. The van der Waals surface area contributed by atoms with Gasteiger partial charge in [-0.3, -0.25) is 0 Å². The van der Waals surface area contributed by atoms with E-state index in [1.165, 1.54) is 6.08 Å². The molecule has 2 aliphatic rings. The highest BCUT2D eigenvalue weighted by Crippen LogP contribution is 2.49. The lowest BCUT2D eigenvalue weighted by Gasteiger charge is -2.21. The molecular formula is C15H18O4. The first-order valence-electron chi connectivity index (χ1n) is 6.73. The molecule has 1 unspecified atom stereocenters. The van der Waals surface area contributed by atoms with E-state index in [0.29, 0.717) is 18.3 Å². The van der Waals surface area contributed by atoms with Crippen molar-refractivity contribution in [2.75, 3.05) is 13.2 Å². The molecule has 102 valence electrons. The highest BCUT2D eigenvalue weighted by atomic mass is 16.6. The smallest absolute Gasteiger partial charge is 0.331 e. The molecule has 4 nitrogen and oxygen atoms in total. The second kappa shape index (κ2) is 4.85. The van der Waals surface area contributed by atoms with Crippen LogP contribution < -0.4 is 0 Å². The van der Waals surface area contributed by atoms with Crippen molar-refractivity contribution in [1.29, 1.82) is 0 Å². The maximum absolute atomic E-state index is 11.8. The summed E-state index contributed by atoms with van der Waals surface area (Å²) in [5, 5.41) is 0. The SMILES string of the molecule is Cc1ccc(/C=C/C(=O)OC2(C3CCOC3)CC2)o1. The molecule has 1 atom stereocenters. The van der Waals surface area contributed by atoms with Gasteiger partial charge in [0.25, 0.3) is 0 Å². The van der Waals surface area contributed by atoms with Gasteiger partial charge < -0.3 is 13.9 Å². The summed E-state index contributed by atoms with van der Waals surface area (Å²) >= 11 is 0. The van der Waals surface area contributed by atoms with Gasteiger partial charge in [-0.2, -0.15) is 0 Å². The lowest BCUT2D eigenvalue weighted by Crippen LogP contribution is -2.28. The van der Waals surface area contributed by atoms with Crippen LogP contribution >= 0.6 is 0 Å². The first-order valence-corrected chi connectivity index (χ1v) is 6.73. The normalized spacial score (nSPS) is 24.8. The minimum Gasteiger partial charge on any atom is -0.462 e. The molecule has 1 saturated heterocycles. The van der Waals surface area contributed by atoms with Crippen LogP contribution in [0.3, 0.4) is 0 Å². The van der Waals surface area contributed by atoms with Gasteiger partial charge in [0.1, 0.15) is 17.1 Å². The fourth-order valence-corrected chi connectivity index (χ4v) is 2.59. The van der Waals surface area contributed by atoms with Gasteiger partial charge in [-0.05, 0) is 44.4 Å². The molecule has 0 radical (unpaired) electrons. The molecule has 0 amide bonds. The summed E-state index contributed by atoms with van der Waals surface area (Å²) in [6.45, 7) is 3.37. The quantitative estimate of drug-likeness (QED) is 0.618. The number of aryl methyl sites for hydroxylation is 1. The third-order valence-electron chi connectivity index (χ3n) is 3.87. The zero-order valence-corrected chi connectivity index (χ0v) is 11.1. The fraction of sp³-hybridized carbons (Fsp3) is 0.533. The Kier molecular flexibility index (Phi) is 3.19. The van der Waals surface area contributed by atoms with Gasteiger partial charge in [0.15, 0.2) is 0 Å². The molecule has 0 aromatic carbocycles. The zero-order chi connectivity index (χ0) is 13.3. The Morgan fingerprint density at radius 3 is 2.89 bits per heavy atom. The van der Waals surface area contributed by atoms with Gasteiger partial charge in [-0.15, -0.1) is 0 Å². The lowest BCUT2D eigenvalue weighted by atomic mass is 9.99. The van der Waals surface area contributed by atoms with Gasteiger partial charge in [0.05, 0.1) is 6.61 Å². The molecule has 1 aliphatic carbocycles. The second-order valence-corrected chi connectivity index (χ2v) is 5.33. The van der Waals surface area contributed by atoms with E-state index in [2.05, 4.69) is 0 Å². The maximum atomic E-state index is 11.8. The molecule has 0 N–H and O–H groups in total. The van der Waals surface area contributed by atoms with Gasteiger partial charge in [0.2, 0.25) is 0 Å². The Bertz CT molecular complexity index is 490. The summed E-state index contributed by atoms with van der Waals surface area (Å²) in [5.41, 5.74) is -0.253. The van der Waals surface area contributed by atoms with E-state index in [1.54, 1.807) is 6.08 Å². The third kappa shape index (κ3) is 2.73. The molecule has 1 aliphatic heterocycles. The Morgan fingerprint density at radius 1 is 1.47 bits per heavy atom. The number of hydrogen-bond acceptors (Lipinski definition) is 4. The molecule has 1 aromatic heterocycles. The molecular weight excluding hydrogens is 244 g/mol. The Labute approximate surface area is 112 Å². The van der Waals surface area contributed by atoms with Crippen LogP contribution in [-0.4, -0.2) is 24.8 Å². The van der Waals surface area contributed by atoms with Crippen molar-refractivity contribution in [3.05, 3.63) is 29.7 Å². The number of ether oxygens (including phenoxy) is 2. The second-order valence-electron chi connectivity index (χ2n) is 5.33. The highest BCUT2D eigenvalue weighted by Gasteiger charge is 2.53. The lowest BCUT2D eigenvalue weighted by molar-refractivity contribution is -0.148. The summed E-state index contributed by atoms with van der Waals surface area (Å²) in [7, 11) is 0. The summed E-state index contributed by atoms with van der Waals surface area (Å²) in [4.78, 5) is 11.8. The van der Waals surface area contributed by atoms with Crippen molar-refractivity contribution < 1.29 is 18.7 Å². The number of carbonyl (C=O) groups is 1. The van der Waals surface area contributed by atoms with Crippen LogP contribution in [-0.2, 0) is 14.3 Å². The van der Waals surface area contributed by atoms with Crippen LogP contribution in [0.1, 0.15) is 30.8 Å². The average Bonchev–Trinajstić information content (AvgIpc) is 2.84. The third-order valence-corrected chi connectivity index (χ3v) is 3.87. The highest BCUT2D eigenvalue weighted by molar-refractivity contribution is 5.87. The largest absolute Gasteiger partial charge is 0.462 e. The Balaban J connectivity index is 1.58. The van der Waals surface area contributed by atoms with Crippen LogP contribution in [0.25, 0.3) is 6.08 Å². The Hall–Kier alpha value is -1.55. The van der Waals surface area contributed by atoms with E-state index in [-0.39, 0.29) is 11.6 Å². The van der Waals surface area contributed by atoms with Gasteiger partial charge >= 0.3 is 5.97 Å². The Morgan fingerprint density at radius 2 is 2.32 bits per heavy atom. The summed E-state index contributed by atoms with van der Waals surface area (Å²) in [6, 6.07) is 3.69. The van der Waals surface area contributed by atoms with Crippen molar-refractivity contribution in [1.82, 2.24) is 0 Å². The fourth-order valence-electron chi connectivity index (χ4n) is 2.59. The number of rotatable bonds is 4. The van der Waals surface area contributed by atoms with Gasteiger partial charge in [-0.25, -0.2) is 4.79 Å². The predicted molar refractivity (Wildman–Crippen MR) is 69.5 cm³/mol. The van der Waals surface area contributed by atoms with Crippen LogP contribution in [0.4, 0.5) is 0 Å². The monoisotopic (exact) mass is 262 g/mol. The van der Waals surface area contributed by atoms with Crippen LogP contribution in [0.2, 0.25) is 0 Å². The standard InChI is InChI=1S/C15H18O4/c1-11-2-3-13(18-11)4-5-14(16)19-15(7-8-15)12-6-9-17-10-12/h2-5,12H,6-10H2,1H3/b5-4+. The van der Waals surface area contributed by atoms with Crippen LogP contribution in [0.15, 0.2) is 22.6 Å². The molecule has 3 rings (SSSR count). The summed E-state index contributed by atoms with van der Waals surface area (Å²) < 4.78 is 16.4. The van der Waals surface area contributed by atoms with E-state index >= 15 is 0 Å². The molecule has 1 saturated carbocycles. The van der Waals surface area contributed by atoms with Crippen LogP contribution in [0.5, 0.6) is 0 Å². The van der Waals surface area contributed by atoms with Gasteiger partial charge in [-0.1, -0.05) is 0 Å². The van der Waals surface area contributed by atoms with E-state index in [9.17, 15) is 4.79 Å². The predicted octanol–water partition coefficient (Wildman–Crippen LogP) is 2.71. The van der Waals surface area contributed by atoms with Crippen molar-refractivity contribution in [2.45, 2.75) is 31.8 Å². The van der Waals surface area contributed by atoms with E-state index in [1.807, 2.05) is 19.1 Å². The first kappa shape index (κ1) is 12.5. The molecule has 0 bridgehead atoms. The van der Waals surface area contributed by atoms with Crippen molar-refractivity contribution in [2.24, 2.45) is 5.92 Å². The molecule has 2 fully saturated rings. The van der Waals surface area contributed by atoms with Crippen molar-refractivity contribution in [3.8, 4) is 0 Å². The molecule has 0 spiro atoms. The summed E-state index contributed by atoms with van der Waals surface area (Å²) in [5.74, 6) is 1.58.